The summed E-state index contributed by atoms with van der Waals surface area (Å²) in [5.41, 5.74) is 0. The second-order valence-corrected chi connectivity index (χ2v) is 3.36. The molecule has 1 aromatic rings. The molecule has 4 heteroatoms. The minimum absolute atomic E-state index is 0.144. The van der Waals surface area contributed by atoms with E-state index < -0.39 is 6.10 Å². The summed E-state index contributed by atoms with van der Waals surface area (Å²) >= 11 is 0. The van der Waals surface area contributed by atoms with Gasteiger partial charge in [0, 0.05) is 6.54 Å². The number of carbonyl (C=O) groups excluding carboxylic acids is 1. The predicted octanol–water partition coefficient (Wildman–Crippen LogP) is 2.12. The van der Waals surface area contributed by atoms with Gasteiger partial charge in [-0.1, -0.05) is 6.92 Å². The minimum Gasteiger partial charge on any atom is -0.481 e. The van der Waals surface area contributed by atoms with Crippen LogP contribution in [0.1, 0.15) is 20.3 Å². The van der Waals surface area contributed by atoms with Gasteiger partial charge < -0.3 is 10.1 Å². The molecule has 0 fully saturated rings. The summed E-state index contributed by atoms with van der Waals surface area (Å²) in [6.07, 6.45) is 0.0499. The molecule has 0 heterocycles. The van der Waals surface area contributed by atoms with Crippen LogP contribution in [0.4, 0.5) is 4.39 Å². The first kappa shape index (κ1) is 12.5. The molecule has 0 aliphatic carbocycles. The van der Waals surface area contributed by atoms with E-state index in [4.69, 9.17) is 4.74 Å². The van der Waals surface area contributed by atoms with Crippen LogP contribution in [0.2, 0.25) is 0 Å². The van der Waals surface area contributed by atoms with Gasteiger partial charge in [0.15, 0.2) is 6.10 Å². The average molecular weight is 225 g/mol. The van der Waals surface area contributed by atoms with Gasteiger partial charge in [-0.15, -0.1) is 0 Å². The lowest BCUT2D eigenvalue weighted by Crippen LogP contribution is -2.37. The van der Waals surface area contributed by atoms with Crippen molar-refractivity contribution in [1.82, 2.24) is 5.32 Å². The molecule has 0 aliphatic heterocycles. The molecular weight excluding hydrogens is 209 g/mol. The molecule has 0 aromatic heterocycles. The van der Waals surface area contributed by atoms with E-state index in [1.807, 2.05) is 13.8 Å². The first-order chi connectivity index (χ1) is 7.67. The number of halogens is 1. The summed E-state index contributed by atoms with van der Waals surface area (Å²) in [6.45, 7) is 4.29. The average Bonchev–Trinajstić information content (AvgIpc) is 2.28. The highest BCUT2D eigenvalue weighted by Gasteiger charge is 2.17. The van der Waals surface area contributed by atoms with E-state index in [0.29, 0.717) is 18.7 Å². The number of hydrogen-bond donors (Lipinski definition) is 1. The van der Waals surface area contributed by atoms with Gasteiger partial charge in [-0.2, -0.15) is 0 Å². The van der Waals surface area contributed by atoms with Crippen LogP contribution in [0.3, 0.4) is 0 Å². The first-order valence-corrected chi connectivity index (χ1v) is 5.37. The zero-order valence-electron chi connectivity index (χ0n) is 9.50. The molecule has 0 saturated heterocycles. The van der Waals surface area contributed by atoms with Crippen LogP contribution < -0.4 is 10.1 Å². The quantitative estimate of drug-likeness (QED) is 0.833. The van der Waals surface area contributed by atoms with Crippen LogP contribution >= 0.6 is 0 Å². The molecule has 1 N–H and O–H groups in total. The Hall–Kier alpha value is -1.58. The van der Waals surface area contributed by atoms with Gasteiger partial charge in [-0.05, 0) is 37.6 Å². The van der Waals surface area contributed by atoms with Crippen LogP contribution in [0.25, 0.3) is 0 Å². The van der Waals surface area contributed by atoms with Gasteiger partial charge in [0.2, 0.25) is 0 Å². The van der Waals surface area contributed by atoms with Gasteiger partial charge in [0.1, 0.15) is 11.6 Å². The number of carbonyl (C=O) groups is 1. The molecule has 1 amide bonds. The SMILES string of the molecule is CCNC(=O)C(CC)Oc1ccc(F)cc1. The van der Waals surface area contributed by atoms with E-state index in [9.17, 15) is 9.18 Å². The Morgan fingerprint density at radius 3 is 2.50 bits per heavy atom. The monoisotopic (exact) mass is 225 g/mol. The molecular formula is C12H16FNO2. The molecule has 0 aliphatic rings. The van der Waals surface area contributed by atoms with E-state index in [2.05, 4.69) is 5.32 Å². The van der Waals surface area contributed by atoms with Gasteiger partial charge in [0.25, 0.3) is 5.91 Å². The van der Waals surface area contributed by atoms with Gasteiger partial charge in [0.05, 0.1) is 0 Å². The highest BCUT2D eigenvalue weighted by molar-refractivity contribution is 5.80. The zero-order valence-corrected chi connectivity index (χ0v) is 9.50. The van der Waals surface area contributed by atoms with E-state index in [1.54, 1.807) is 0 Å². The summed E-state index contributed by atoms with van der Waals surface area (Å²) in [4.78, 5) is 11.5. The molecule has 1 atom stereocenters. The zero-order chi connectivity index (χ0) is 12.0. The smallest absolute Gasteiger partial charge is 0.261 e. The number of benzene rings is 1. The summed E-state index contributed by atoms with van der Waals surface area (Å²) in [7, 11) is 0. The molecule has 0 saturated carbocycles. The van der Waals surface area contributed by atoms with Crippen LogP contribution in [-0.2, 0) is 4.79 Å². The maximum Gasteiger partial charge on any atom is 0.261 e. The van der Waals surface area contributed by atoms with Crippen molar-refractivity contribution in [1.29, 1.82) is 0 Å². The highest BCUT2D eigenvalue weighted by atomic mass is 19.1. The lowest BCUT2D eigenvalue weighted by atomic mass is 10.2. The van der Waals surface area contributed by atoms with Crippen LogP contribution in [-0.4, -0.2) is 18.6 Å². The molecule has 1 unspecified atom stereocenters. The fourth-order valence-electron chi connectivity index (χ4n) is 1.29. The summed E-state index contributed by atoms with van der Waals surface area (Å²) < 4.78 is 18.1. The molecule has 1 rings (SSSR count). The molecule has 16 heavy (non-hydrogen) atoms. The van der Waals surface area contributed by atoms with Crippen molar-refractivity contribution >= 4 is 5.91 Å². The predicted molar refractivity (Wildman–Crippen MR) is 59.8 cm³/mol. The number of rotatable bonds is 5. The van der Waals surface area contributed by atoms with Gasteiger partial charge in [-0.3, -0.25) is 4.79 Å². The maximum absolute atomic E-state index is 12.7. The minimum atomic E-state index is -0.523. The van der Waals surface area contributed by atoms with E-state index in [-0.39, 0.29) is 11.7 Å². The van der Waals surface area contributed by atoms with Crippen LogP contribution in [0.15, 0.2) is 24.3 Å². The Kier molecular flexibility index (Phi) is 4.76. The van der Waals surface area contributed by atoms with Crippen LogP contribution in [0, 0.1) is 5.82 Å². The fraction of sp³-hybridized carbons (Fsp3) is 0.417. The highest BCUT2D eigenvalue weighted by Crippen LogP contribution is 2.14. The van der Waals surface area contributed by atoms with Crippen molar-refractivity contribution in [3.63, 3.8) is 0 Å². The summed E-state index contributed by atoms with van der Waals surface area (Å²) in [6, 6.07) is 5.63. The van der Waals surface area contributed by atoms with Crippen molar-refractivity contribution in [2.24, 2.45) is 0 Å². The molecule has 0 bridgehead atoms. The van der Waals surface area contributed by atoms with Crippen molar-refractivity contribution in [2.45, 2.75) is 26.4 Å². The fourth-order valence-corrected chi connectivity index (χ4v) is 1.29. The molecule has 0 spiro atoms. The Bertz CT molecular complexity index is 337. The third kappa shape index (κ3) is 3.53. The molecule has 88 valence electrons. The topological polar surface area (TPSA) is 38.3 Å². The normalized spacial score (nSPS) is 11.9. The molecule has 0 radical (unpaired) electrons. The second kappa shape index (κ2) is 6.10. The van der Waals surface area contributed by atoms with E-state index in [1.165, 1.54) is 24.3 Å². The van der Waals surface area contributed by atoms with Crippen molar-refractivity contribution in [2.75, 3.05) is 6.54 Å². The number of ether oxygens (including phenoxy) is 1. The number of amides is 1. The maximum atomic E-state index is 12.7. The van der Waals surface area contributed by atoms with Crippen molar-refractivity contribution in [3.8, 4) is 5.75 Å². The number of likely N-dealkylation sites (N-methyl/N-ethyl adjacent to an activating group) is 1. The van der Waals surface area contributed by atoms with E-state index in [0.717, 1.165) is 0 Å². The standard InChI is InChI=1S/C12H16FNO2/c1-3-11(12(15)14-4-2)16-10-7-5-9(13)6-8-10/h5-8,11H,3-4H2,1-2H3,(H,14,15). The number of nitrogens with one attached hydrogen (secondary N) is 1. The lowest BCUT2D eigenvalue weighted by molar-refractivity contribution is -0.128. The van der Waals surface area contributed by atoms with E-state index >= 15 is 0 Å². The number of hydrogen-bond acceptors (Lipinski definition) is 2. The Balaban J connectivity index is 2.62. The second-order valence-electron chi connectivity index (χ2n) is 3.36. The lowest BCUT2D eigenvalue weighted by Gasteiger charge is -2.16. The van der Waals surface area contributed by atoms with Crippen molar-refractivity contribution in [3.05, 3.63) is 30.1 Å². The Labute approximate surface area is 94.6 Å². The first-order valence-electron chi connectivity index (χ1n) is 5.37. The Morgan fingerprint density at radius 2 is 2.00 bits per heavy atom. The summed E-state index contributed by atoms with van der Waals surface area (Å²) in [5.74, 6) is 0.0345. The third-order valence-electron chi connectivity index (χ3n) is 2.11. The Morgan fingerprint density at radius 1 is 1.38 bits per heavy atom. The third-order valence-corrected chi connectivity index (χ3v) is 2.11. The largest absolute Gasteiger partial charge is 0.481 e. The summed E-state index contributed by atoms with van der Waals surface area (Å²) in [5, 5.41) is 2.69. The van der Waals surface area contributed by atoms with Gasteiger partial charge in [-0.25, -0.2) is 4.39 Å². The van der Waals surface area contributed by atoms with Crippen molar-refractivity contribution < 1.29 is 13.9 Å². The van der Waals surface area contributed by atoms with Crippen LogP contribution in [0.5, 0.6) is 5.75 Å². The molecule has 1 aromatic carbocycles. The molecule has 3 nitrogen and oxygen atoms in total. The van der Waals surface area contributed by atoms with Gasteiger partial charge >= 0.3 is 0 Å².